The first-order valence-electron chi connectivity index (χ1n) is 6.62. The zero-order valence-corrected chi connectivity index (χ0v) is 13.3. The third-order valence-corrected chi connectivity index (χ3v) is 5.17. The van der Waals surface area contributed by atoms with Gasteiger partial charge in [0.2, 0.25) is 5.91 Å². The van der Waals surface area contributed by atoms with Crippen LogP contribution in [0.2, 0.25) is 0 Å². The zero-order valence-electron chi connectivity index (χ0n) is 12.5. The first-order valence-corrected chi connectivity index (χ1v) is 8.17. The van der Waals surface area contributed by atoms with E-state index < -0.39 is 26.8 Å². The molecule has 0 unspecified atom stereocenters. The largest absolute Gasteiger partial charge is 0.338 e. The lowest BCUT2D eigenvalue weighted by atomic mass is 10.3. The van der Waals surface area contributed by atoms with E-state index in [1.807, 2.05) is 0 Å². The first-order chi connectivity index (χ1) is 9.70. The third-order valence-electron chi connectivity index (χ3n) is 3.11. The van der Waals surface area contributed by atoms with Crippen LogP contribution in [0.3, 0.4) is 0 Å². The molecular formula is C15H20FNO3S. The molecule has 0 aromatic heterocycles. The molecule has 0 spiro atoms. The standard InChI is InChI=1S/C15H20FNO3S/c1-5-17(10-11(2)3)15(18)12(4)21(19,20)14-8-6-13(16)7-9-14/h6-9,12H,2,5,10H2,1,3-4H3/t12-/m0/s1. The Balaban J connectivity index is 3.04. The van der Waals surface area contributed by atoms with Gasteiger partial charge < -0.3 is 4.90 Å². The summed E-state index contributed by atoms with van der Waals surface area (Å²) in [6.07, 6.45) is 0. The number of sulfone groups is 1. The van der Waals surface area contributed by atoms with E-state index in [-0.39, 0.29) is 4.90 Å². The second kappa shape index (κ2) is 6.85. The molecule has 1 atom stereocenters. The van der Waals surface area contributed by atoms with Crippen LogP contribution in [0.4, 0.5) is 4.39 Å². The van der Waals surface area contributed by atoms with Gasteiger partial charge in [0.15, 0.2) is 9.84 Å². The van der Waals surface area contributed by atoms with Gasteiger partial charge in [0.1, 0.15) is 11.1 Å². The SMILES string of the molecule is C=C(C)CN(CC)C(=O)[C@H](C)S(=O)(=O)c1ccc(F)cc1. The van der Waals surface area contributed by atoms with Crippen LogP contribution < -0.4 is 0 Å². The summed E-state index contributed by atoms with van der Waals surface area (Å²) in [7, 11) is -3.83. The predicted molar refractivity (Wildman–Crippen MR) is 80.1 cm³/mol. The van der Waals surface area contributed by atoms with E-state index in [0.29, 0.717) is 13.1 Å². The fourth-order valence-electron chi connectivity index (χ4n) is 1.89. The lowest BCUT2D eigenvalue weighted by Crippen LogP contribution is -2.42. The van der Waals surface area contributed by atoms with Gasteiger partial charge in [-0.2, -0.15) is 0 Å². The average Bonchev–Trinajstić information content (AvgIpc) is 2.43. The highest BCUT2D eigenvalue weighted by Crippen LogP contribution is 2.18. The van der Waals surface area contributed by atoms with Crippen LogP contribution in [0.15, 0.2) is 41.3 Å². The molecule has 0 heterocycles. The molecular weight excluding hydrogens is 293 g/mol. The summed E-state index contributed by atoms with van der Waals surface area (Å²) in [4.78, 5) is 13.7. The minimum atomic E-state index is -3.83. The molecule has 1 amide bonds. The second-order valence-electron chi connectivity index (χ2n) is 4.95. The molecule has 1 rings (SSSR count). The second-order valence-corrected chi connectivity index (χ2v) is 7.22. The van der Waals surface area contributed by atoms with Gasteiger partial charge in [-0.15, -0.1) is 0 Å². The third kappa shape index (κ3) is 4.14. The highest BCUT2D eigenvalue weighted by atomic mass is 32.2. The topological polar surface area (TPSA) is 54.5 Å². The molecule has 0 saturated heterocycles. The van der Waals surface area contributed by atoms with Crippen LogP contribution in [0.25, 0.3) is 0 Å². The summed E-state index contributed by atoms with van der Waals surface area (Å²) in [6.45, 7) is 9.34. The summed E-state index contributed by atoms with van der Waals surface area (Å²) >= 11 is 0. The molecule has 21 heavy (non-hydrogen) atoms. The Morgan fingerprint density at radius 2 is 1.86 bits per heavy atom. The molecule has 0 aliphatic heterocycles. The molecule has 0 saturated carbocycles. The van der Waals surface area contributed by atoms with Crippen LogP contribution in [-0.4, -0.2) is 37.6 Å². The maximum atomic E-state index is 12.9. The van der Waals surface area contributed by atoms with Crippen molar-refractivity contribution >= 4 is 15.7 Å². The van der Waals surface area contributed by atoms with Crippen molar-refractivity contribution in [1.82, 2.24) is 4.90 Å². The van der Waals surface area contributed by atoms with Crippen LogP contribution >= 0.6 is 0 Å². The Labute approximate surface area is 125 Å². The molecule has 0 bridgehead atoms. The number of nitrogens with zero attached hydrogens (tertiary/aromatic N) is 1. The first kappa shape index (κ1) is 17.4. The van der Waals surface area contributed by atoms with Gasteiger partial charge in [0, 0.05) is 13.1 Å². The molecule has 0 aliphatic carbocycles. The monoisotopic (exact) mass is 313 g/mol. The summed E-state index contributed by atoms with van der Waals surface area (Å²) in [5.74, 6) is -1.00. The van der Waals surface area contributed by atoms with E-state index in [4.69, 9.17) is 0 Å². The molecule has 4 nitrogen and oxygen atoms in total. The fraction of sp³-hybridized carbons (Fsp3) is 0.400. The maximum Gasteiger partial charge on any atom is 0.241 e. The lowest BCUT2D eigenvalue weighted by molar-refractivity contribution is -0.129. The molecule has 116 valence electrons. The van der Waals surface area contributed by atoms with Crippen LogP contribution in [-0.2, 0) is 14.6 Å². The van der Waals surface area contributed by atoms with Crippen molar-refractivity contribution in [2.75, 3.05) is 13.1 Å². The predicted octanol–water partition coefficient (Wildman–Crippen LogP) is 2.41. The van der Waals surface area contributed by atoms with Gasteiger partial charge in [-0.3, -0.25) is 4.79 Å². The summed E-state index contributed by atoms with van der Waals surface area (Å²) in [5, 5.41) is -1.22. The van der Waals surface area contributed by atoms with Gasteiger partial charge in [-0.25, -0.2) is 12.8 Å². The Bertz CT molecular complexity index is 623. The molecule has 0 aliphatic rings. The Hall–Kier alpha value is -1.69. The number of halogens is 1. The zero-order chi connectivity index (χ0) is 16.2. The van der Waals surface area contributed by atoms with E-state index in [2.05, 4.69) is 6.58 Å². The van der Waals surface area contributed by atoms with Crippen molar-refractivity contribution in [2.45, 2.75) is 30.9 Å². The smallest absolute Gasteiger partial charge is 0.241 e. The van der Waals surface area contributed by atoms with Crippen LogP contribution in [0, 0.1) is 5.82 Å². The number of amides is 1. The van der Waals surface area contributed by atoms with E-state index in [0.717, 1.165) is 17.7 Å². The fourth-order valence-corrected chi connectivity index (χ4v) is 3.23. The minimum Gasteiger partial charge on any atom is -0.338 e. The van der Waals surface area contributed by atoms with Crippen molar-refractivity contribution in [3.63, 3.8) is 0 Å². The minimum absolute atomic E-state index is 0.0591. The Morgan fingerprint density at radius 3 is 2.29 bits per heavy atom. The van der Waals surface area contributed by atoms with E-state index in [1.54, 1.807) is 13.8 Å². The van der Waals surface area contributed by atoms with Gasteiger partial charge in [0.05, 0.1) is 4.90 Å². The molecule has 0 N–H and O–H groups in total. The quantitative estimate of drug-likeness (QED) is 0.598. The number of likely N-dealkylation sites (N-methyl/N-ethyl adjacent to an activating group) is 1. The van der Waals surface area contributed by atoms with Gasteiger partial charge >= 0.3 is 0 Å². The van der Waals surface area contributed by atoms with Crippen molar-refractivity contribution in [2.24, 2.45) is 0 Å². The van der Waals surface area contributed by atoms with Crippen LogP contribution in [0.5, 0.6) is 0 Å². The molecule has 0 fully saturated rings. The molecule has 1 aromatic rings. The summed E-state index contributed by atoms with van der Waals surface area (Å²) in [5.41, 5.74) is 0.775. The molecule has 0 radical (unpaired) electrons. The van der Waals surface area contributed by atoms with Crippen molar-refractivity contribution in [3.8, 4) is 0 Å². The van der Waals surface area contributed by atoms with Crippen LogP contribution in [0.1, 0.15) is 20.8 Å². The summed E-state index contributed by atoms with van der Waals surface area (Å²) < 4.78 is 37.7. The van der Waals surface area contributed by atoms with Gasteiger partial charge in [-0.05, 0) is 45.0 Å². The lowest BCUT2D eigenvalue weighted by Gasteiger charge is -2.24. The average molecular weight is 313 g/mol. The van der Waals surface area contributed by atoms with Gasteiger partial charge in [0.25, 0.3) is 0 Å². The van der Waals surface area contributed by atoms with E-state index in [1.165, 1.54) is 24.0 Å². The number of benzene rings is 1. The highest BCUT2D eigenvalue weighted by Gasteiger charge is 2.32. The number of hydrogen-bond donors (Lipinski definition) is 0. The van der Waals surface area contributed by atoms with Crippen molar-refractivity contribution in [3.05, 3.63) is 42.2 Å². The van der Waals surface area contributed by atoms with E-state index >= 15 is 0 Å². The number of carbonyl (C=O) groups is 1. The number of carbonyl (C=O) groups excluding carboxylic acids is 1. The Morgan fingerprint density at radius 1 is 1.33 bits per heavy atom. The highest BCUT2D eigenvalue weighted by molar-refractivity contribution is 7.92. The Kier molecular flexibility index (Phi) is 5.66. The normalized spacial score (nSPS) is 12.8. The molecule has 6 heteroatoms. The van der Waals surface area contributed by atoms with Crippen molar-refractivity contribution < 1.29 is 17.6 Å². The van der Waals surface area contributed by atoms with E-state index in [9.17, 15) is 17.6 Å². The number of hydrogen-bond acceptors (Lipinski definition) is 3. The van der Waals surface area contributed by atoms with Crippen molar-refractivity contribution in [1.29, 1.82) is 0 Å². The summed E-state index contributed by atoms with van der Waals surface area (Å²) in [6, 6.07) is 4.47. The molecule has 1 aromatic carbocycles. The maximum absolute atomic E-state index is 12.9. The van der Waals surface area contributed by atoms with Gasteiger partial charge in [-0.1, -0.05) is 12.2 Å². The number of rotatable bonds is 6.